The van der Waals surface area contributed by atoms with Gasteiger partial charge < -0.3 is 9.64 Å². The molecule has 6 nitrogen and oxygen atoms in total. The summed E-state index contributed by atoms with van der Waals surface area (Å²) in [5.41, 5.74) is 2.70. The zero-order valence-corrected chi connectivity index (χ0v) is 15.7. The van der Waals surface area contributed by atoms with Crippen LogP contribution in [0.25, 0.3) is 5.65 Å². The number of carbonyl (C=O) groups is 1. The number of hydrogen-bond donors (Lipinski definition) is 0. The first-order valence-corrected chi connectivity index (χ1v) is 9.11. The third-order valence-electron chi connectivity index (χ3n) is 4.67. The summed E-state index contributed by atoms with van der Waals surface area (Å²) in [6.45, 7) is 4.59. The van der Waals surface area contributed by atoms with Gasteiger partial charge >= 0.3 is 0 Å². The summed E-state index contributed by atoms with van der Waals surface area (Å²) in [4.78, 5) is 19.0. The Labute approximate surface area is 160 Å². The van der Waals surface area contributed by atoms with E-state index in [0.717, 1.165) is 17.7 Å². The molecule has 140 valence electrons. The van der Waals surface area contributed by atoms with Crippen LogP contribution in [0.15, 0.2) is 30.6 Å². The molecule has 0 spiro atoms. The molecule has 0 radical (unpaired) electrons. The van der Waals surface area contributed by atoms with Crippen LogP contribution in [-0.4, -0.2) is 31.5 Å². The number of rotatable bonds is 4. The van der Waals surface area contributed by atoms with Crippen LogP contribution in [0.1, 0.15) is 41.9 Å². The van der Waals surface area contributed by atoms with Gasteiger partial charge in [0.15, 0.2) is 5.65 Å². The molecule has 1 atom stereocenters. The number of aromatic nitrogens is 3. The lowest BCUT2D eigenvalue weighted by Crippen LogP contribution is -2.27. The number of ether oxygens (including phenoxy) is 1. The normalized spacial score (nSPS) is 14.4. The van der Waals surface area contributed by atoms with Crippen molar-refractivity contribution in [1.29, 1.82) is 0 Å². The topological polar surface area (TPSA) is 59.7 Å². The van der Waals surface area contributed by atoms with Crippen molar-refractivity contribution in [1.82, 2.24) is 19.5 Å². The Kier molecular flexibility index (Phi) is 4.47. The molecule has 27 heavy (non-hydrogen) atoms. The Bertz CT molecular complexity index is 1040. The molecule has 1 unspecified atom stereocenters. The number of hydrogen-bond acceptors (Lipinski definition) is 4. The van der Waals surface area contributed by atoms with E-state index in [-0.39, 0.29) is 17.8 Å². The molecule has 3 heterocycles. The average molecular weight is 389 g/mol. The van der Waals surface area contributed by atoms with E-state index in [2.05, 4.69) is 10.1 Å². The second-order valence-electron chi connectivity index (χ2n) is 6.60. The zero-order chi connectivity index (χ0) is 19.1. The summed E-state index contributed by atoms with van der Waals surface area (Å²) in [6.07, 6.45) is 3.88. The van der Waals surface area contributed by atoms with Crippen molar-refractivity contribution in [2.24, 2.45) is 0 Å². The molecule has 1 aromatic carbocycles. The van der Waals surface area contributed by atoms with Crippen LogP contribution in [0.5, 0.6) is 5.75 Å². The van der Waals surface area contributed by atoms with Gasteiger partial charge in [0.2, 0.25) is 0 Å². The Morgan fingerprint density at radius 1 is 1.41 bits per heavy atom. The van der Waals surface area contributed by atoms with Gasteiger partial charge in [0.05, 0.1) is 41.7 Å². The maximum absolute atomic E-state index is 13.7. The molecule has 8 heteroatoms. The standard InChI is InChI=1S/C19H18ClFN4O2/c1-3-11(2)27-17-6-13(21)4-5-14(17)19(26)24-9-15-16(10-24)23-25-8-12(20)7-22-18(15)25/h4-8,11H,3,9-10H2,1-2H3. The lowest BCUT2D eigenvalue weighted by atomic mass is 10.1. The van der Waals surface area contributed by atoms with E-state index in [0.29, 0.717) is 29.3 Å². The van der Waals surface area contributed by atoms with Crippen molar-refractivity contribution in [2.75, 3.05) is 0 Å². The van der Waals surface area contributed by atoms with Gasteiger partial charge in [0, 0.05) is 17.8 Å². The van der Waals surface area contributed by atoms with Crippen LogP contribution in [-0.2, 0) is 13.1 Å². The van der Waals surface area contributed by atoms with Crippen LogP contribution in [0, 0.1) is 5.82 Å². The number of halogens is 2. The molecule has 0 fully saturated rings. The molecule has 0 N–H and O–H groups in total. The van der Waals surface area contributed by atoms with E-state index in [4.69, 9.17) is 16.3 Å². The van der Waals surface area contributed by atoms with Crippen LogP contribution >= 0.6 is 11.6 Å². The van der Waals surface area contributed by atoms with Gasteiger partial charge in [-0.05, 0) is 25.5 Å². The first-order valence-electron chi connectivity index (χ1n) is 8.73. The third-order valence-corrected chi connectivity index (χ3v) is 4.87. The highest BCUT2D eigenvalue weighted by atomic mass is 35.5. The minimum absolute atomic E-state index is 0.118. The van der Waals surface area contributed by atoms with E-state index in [1.165, 1.54) is 18.2 Å². The lowest BCUT2D eigenvalue weighted by molar-refractivity contribution is 0.0742. The predicted molar refractivity (Wildman–Crippen MR) is 98.4 cm³/mol. The summed E-state index contributed by atoms with van der Waals surface area (Å²) in [5, 5.41) is 4.96. The Balaban J connectivity index is 1.62. The maximum atomic E-state index is 13.7. The lowest BCUT2D eigenvalue weighted by Gasteiger charge is -2.20. The summed E-state index contributed by atoms with van der Waals surface area (Å²) in [6, 6.07) is 4.00. The molecule has 0 bridgehead atoms. The summed E-state index contributed by atoms with van der Waals surface area (Å²) < 4.78 is 21.1. The number of nitrogens with zero attached hydrogens (tertiary/aromatic N) is 4. The average Bonchev–Trinajstić information content (AvgIpc) is 3.18. The Morgan fingerprint density at radius 3 is 3.00 bits per heavy atom. The monoisotopic (exact) mass is 388 g/mol. The maximum Gasteiger partial charge on any atom is 0.258 e. The Hall–Kier alpha value is -2.67. The van der Waals surface area contributed by atoms with Crippen LogP contribution < -0.4 is 4.74 Å². The molecule has 0 saturated heterocycles. The van der Waals surface area contributed by atoms with E-state index in [1.807, 2.05) is 13.8 Å². The zero-order valence-electron chi connectivity index (χ0n) is 14.9. The van der Waals surface area contributed by atoms with Gasteiger partial charge in [-0.2, -0.15) is 5.10 Å². The number of carbonyl (C=O) groups excluding carboxylic acids is 1. The second-order valence-corrected chi connectivity index (χ2v) is 7.04. The molecule has 1 amide bonds. The van der Waals surface area contributed by atoms with Crippen molar-refractivity contribution in [3.63, 3.8) is 0 Å². The highest BCUT2D eigenvalue weighted by molar-refractivity contribution is 6.30. The van der Waals surface area contributed by atoms with E-state index < -0.39 is 5.82 Å². The molecular weight excluding hydrogens is 371 g/mol. The highest BCUT2D eigenvalue weighted by Crippen LogP contribution is 2.30. The number of fused-ring (bicyclic) bond motifs is 3. The molecule has 4 rings (SSSR count). The van der Waals surface area contributed by atoms with Crippen molar-refractivity contribution in [2.45, 2.75) is 39.5 Å². The fraction of sp³-hybridized carbons (Fsp3) is 0.316. The predicted octanol–water partition coefficient (Wildman–Crippen LogP) is 3.86. The minimum Gasteiger partial charge on any atom is -0.490 e. The molecule has 1 aliphatic heterocycles. The summed E-state index contributed by atoms with van der Waals surface area (Å²) >= 11 is 5.95. The Morgan fingerprint density at radius 2 is 2.22 bits per heavy atom. The van der Waals surface area contributed by atoms with Crippen LogP contribution in [0.3, 0.4) is 0 Å². The first kappa shape index (κ1) is 17.7. The third kappa shape index (κ3) is 3.23. The summed E-state index contributed by atoms with van der Waals surface area (Å²) in [7, 11) is 0. The van der Waals surface area contributed by atoms with Gasteiger partial charge in [-0.25, -0.2) is 13.9 Å². The summed E-state index contributed by atoms with van der Waals surface area (Å²) in [5.74, 6) is -0.398. The molecule has 2 aromatic heterocycles. The van der Waals surface area contributed by atoms with E-state index >= 15 is 0 Å². The quantitative estimate of drug-likeness (QED) is 0.681. The molecule has 0 saturated carbocycles. The molecular formula is C19H18ClFN4O2. The van der Waals surface area contributed by atoms with Gasteiger partial charge in [0.1, 0.15) is 11.6 Å². The van der Waals surface area contributed by atoms with Crippen LogP contribution in [0.4, 0.5) is 4.39 Å². The van der Waals surface area contributed by atoms with Gasteiger partial charge in [0.25, 0.3) is 5.91 Å². The van der Waals surface area contributed by atoms with Crippen molar-refractivity contribution in [3.05, 3.63) is 58.3 Å². The van der Waals surface area contributed by atoms with E-state index in [1.54, 1.807) is 21.8 Å². The van der Waals surface area contributed by atoms with Gasteiger partial charge in [-0.3, -0.25) is 4.79 Å². The van der Waals surface area contributed by atoms with E-state index in [9.17, 15) is 9.18 Å². The molecule has 1 aliphatic rings. The minimum atomic E-state index is -0.437. The fourth-order valence-corrected chi connectivity index (χ4v) is 3.25. The molecule has 3 aromatic rings. The number of benzene rings is 1. The second kappa shape index (κ2) is 6.81. The van der Waals surface area contributed by atoms with Crippen molar-refractivity contribution >= 4 is 23.2 Å². The highest BCUT2D eigenvalue weighted by Gasteiger charge is 2.31. The van der Waals surface area contributed by atoms with Crippen molar-refractivity contribution in [3.8, 4) is 5.75 Å². The fourth-order valence-electron chi connectivity index (χ4n) is 3.11. The largest absolute Gasteiger partial charge is 0.490 e. The van der Waals surface area contributed by atoms with Gasteiger partial charge in [-0.15, -0.1) is 0 Å². The number of amides is 1. The van der Waals surface area contributed by atoms with Crippen LogP contribution in [0.2, 0.25) is 5.02 Å². The smallest absolute Gasteiger partial charge is 0.258 e. The van der Waals surface area contributed by atoms with Crippen molar-refractivity contribution < 1.29 is 13.9 Å². The SMILES string of the molecule is CCC(C)Oc1cc(F)ccc1C(=O)N1Cc2nn3cc(Cl)cnc3c2C1. The van der Waals surface area contributed by atoms with Gasteiger partial charge in [-0.1, -0.05) is 18.5 Å². The first-order chi connectivity index (χ1) is 13.0. The molecule has 0 aliphatic carbocycles.